The number of hydrogen-bond donors (Lipinski definition) is 3. The van der Waals surface area contributed by atoms with Crippen LogP contribution in [0.2, 0.25) is 0 Å². The van der Waals surface area contributed by atoms with E-state index in [1.54, 1.807) is 13.0 Å². The average Bonchev–Trinajstić information content (AvgIpc) is 2.42. The molecule has 0 fully saturated rings. The first-order valence-corrected chi connectivity index (χ1v) is 6.06. The summed E-state index contributed by atoms with van der Waals surface area (Å²) in [5.41, 5.74) is 2.74. The first-order chi connectivity index (χ1) is 9.81. The molecule has 0 saturated carbocycles. The van der Waals surface area contributed by atoms with Gasteiger partial charge in [-0.25, -0.2) is 10.8 Å². The lowest BCUT2D eigenvalue weighted by Gasteiger charge is -2.14. The minimum Gasteiger partial charge on any atom is -0.340 e. The van der Waals surface area contributed by atoms with E-state index in [0.717, 1.165) is 6.07 Å². The molecule has 21 heavy (non-hydrogen) atoms. The van der Waals surface area contributed by atoms with E-state index < -0.39 is 11.7 Å². The molecule has 0 radical (unpaired) electrons. The Kier molecular flexibility index (Phi) is 3.99. The van der Waals surface area contributed by atoms with Crippen molar-refractivity contribution in [1.82, 2.24) is 9.97 Å². The van der Waals surface area contributed by atoms with Crippen molar-refractivity contribution in [2.75, 3.05) is 10.7 Å². The molecule has 5 nitrogen and oxygen atoms in total. The van der Waals surface area contributed by atoms with E-state index in [1.165, 1.54) is 19.2 Å². The maximum absolute atomic E-state index is 12.9. The van der Waals surface area contributed by atoms with Crippen molar-refractivity contribution in [3.05, 3.63) is 41.1 Å². The summed E-state index contributed by atoms with van der Waals surface area (Å²) in [5.74, 6) is 5.77. The van der Waals surface area contributed by atoms with Gasteiger partial charge in [0.25, 0.3) is 0 Å². The van der Waals surface area contributed by atoms with Crippen LogP contribution in [0, 0.1) is 13.8 Å². The van der Waals surface area contributed by atoms with E-state index in [2.05, 4.69) is 20.7 Å². The van der Waals surface area contributed by atoms with Crippen LogP contribution in [-0.4, -0.2) is 9.97 Å². The lowest BCUT2D eigenvalue weighted by atomic mass is 10.1. The highest BCUT2D eigenvalue weighted by Gasteiger charge is 2.32. The molecule has 2 rings (SSSR count). The Morgan fingerprint density at radius 3 is 2.48 bits per heavy atom. The highest BCUT2D eigenvalue weighted by Crippen LogP contribution is 2.34. The first kappa shape index (κ1) is 15.0. The molecule has 8 heteroatoms. The molecule has 0 amide bonds. The van der Waals surface area contributed by atoms with Crippen molar-refractivity contribution < 1.29 is 13.2 Å². The van der Waals surface area contributed by atoms with Crippen molar-refractivity contribution in [3.63, 3.8) is 0 Å². The molecule has 0 atom stereocenters. The van der Waals surface area contributed by atoms with Gasteiger partial charge in [0, 0.05) is 17.4 Å². The third-order valence-corrected chi connectivity index (χ3v) is 2.91. The largest absolute Gasteiger partial charge is 0.416 e. The Morgan fingerprint density at radius 1 is 1.14 bits per heavy atom. The number of alkyl halides is 3. The van der Waals surface area contributed by atoms with Gasteiger partial charge >= 0.3 is 6.18 Å². The van der Waals surface area contributed by atoms with Gasteiger partial charge in [0.15, 0.2) is 0 Å². The molecule has 112 valence electrons. The summed E-state index contributed by atoms with van der Waals surface area (Å²) in [4.78, 5) is 7.96. The summed E-state index contributed by atoms with van der Waals surface area (Å²) in [5, 5.41) is 2.84. The quantitative estimate of drug-likeness (QED) is 0.599. The number of nitrogens with one attached hydrogen (secondary N) is 2. The van der Waals surface area contributed by atoms with Gasteiger partial charge in [0.1, 0.15) is 5.82 Å². The number of aromatic nitrogens is 2. The Morgan fingerprint density at radius 2 is 1.86 bits per heavy atom. The number of nitrogens with two attached hydrogens (primary N) is 1. The number of nitrogens with zero attached hydrogens (tertiary/aromatic N) is 2. The Balaban J connectivity index is 2.36. The summed E-state index contributed by atoms with van der Waals surface area (Å²) in [6.07, 6.45) is -2.88. The molecule has 0 saturated heterocycles. The normalized spacial score (nSPS) is 11.3. The van der Waals surface area contributed by atoms with Gasteiger partial charge in [-0.2, -0.15) is 18.2 Å². The van der Waals surface area contributed by atoms with Crippen LogP contribution >= 0.6 is 0 Å². The molecule has 2 aromatic rings. The number of nitrogen functional groups attached to an aromatic ring is 1. The van der Waals surface area contributed by atoms with Crippen molar-refractivity contribution >= 4 is 17.5 Å². The molecular weight excluding hydrogens is 283 g/mol. The second-order valence-electron chi connectivity index (χ2n) is 4.52. The fourth-order valence-corrected chi connectivity index (χ4v) is 1.78. The Bertz CT molecular complexity index is 655. The lowest BCUT2D eigenvalue weighted by molar-refractivity contribution is -0.138. The molecule has 4 N–H and O–H groups in total. The summed E-state index contributed by atoms with van der Waals surface area (Å²) in [6, 6.07) is 4.01. The minimum absolute atomic E-state index is 0.164. The van der Waals surface area contributed by atoms with E-state index in [0.29, 0.717) is 11.4 Å². The number of rotatable bonds is 3. The monoisotopic (exact) mass is 297 g/mol. The van der Waals surface area contributed by atoms with Crippen molar-refractivity contribution in [1.29, 1.82) is 0 Å². The molecule has 1 aromatic heterocycles. The lowest BCUT2D eigenvalue weighted by Crippen LogP contribution is -2.12. The first-order valence-electron chi connectivity index (χ1n) is 6.06. The van der Waals surface area contributed by atoms with Gasteiger partial charge in [-0.05, 0) is 31.5 Å². The number of hydrazine groups is 1. The fraction of sp³-hybridized carbons (Fsp3) is 0.231. The van der Waals surface area contributed by atoms with Gasteiger partial charge in [-0.15, -0.1) is 0 Å². The van der Waals surface area contributed by atoms with Crippen molar-refractivity contribution in [2.45, 2.75) is 20.0 Å². The second-order valence-corrected chi connectivity index (χ2v) is 4.52. The van der Waals surface area contributed by atoms with Gasteiger partial charge in [-0.1, -0.05) is 6.07 Å². The Labute approximate surface area is 119 Å². The highest BCUT2D eigenvalue weighted by molar-refractivity contribution is 5.61. The number of halogens is 3. The Hall–Kier alpha value is -2.35. The molecule has 1 heterocycles. The number of aryl methyl sites for hydroxylation is 2. The van der Waals surface area contributed by atoms with Crippen LogP contribution in [-0.2, 0) is 6.18 Å². The van der Waals surface area contributed by atoms with E-state index in [4.69, 9.17) is 5.84 Å². The van der Waals surface area contributed by atoms with Crippen LogP contribution in [0.5, 0.6) is 0 Å². The second kappa shape index (κ2) is 5.57. The smallest absolute Gasteiger partial charge is 0.340 e. The van der Waals surface area contributed by atoms with E-state index in [9.17, 15) is 13.2 Å². The molecule has 0 spiro atoms. The summed E-state index contributed by atoms with van der Waals surface area (Å²) in [6.45, 7) is 3.15. The predicted molar refractivity (Wildman–Crippen MR) is 74.0 cm³/mol. The van der Waals surface area contributed by atoms with Gasteiger partial charge in [0.2, 0.25) is 5.95 Å². The van der Waals surface area contributed by atoms with Crippen LogP contribution in [0.25, 0.3) is 0 Å². The zero-order chi connectivity index (χ0) is 15.6. The third kappa shape index (κ3) is 3.40. The topological polar surface area (TPSA) is 75.9 Å². The van der Waals surface area contributed by atoms with Crippen LogP contribution in [0.15, 0.2) is 24.4 Å². The van der Waals surface area contributed by atoms with Gasteiger partial charge < -0.3 is 5.32 Å². The highest BCUT2D eigenvalue weighted by atomic mass is 19.4. The molecule has 0 aliphatic rings. The van der Waals surface area contributed by atoms with Crippen LogP contribution in [0.4, 0.5) is 30.6 Å². The summed E-state index contributed by atoms with van der Waals surface area (Å²) < 4.78 is 38.7. The van der Waals surface area contributed by atoms with E-state index >= 15 is 0 Å². The average molecular weight is 297 g/mol. The minimum atomic E-state index is -4.40. The number of anilines is 3. The molecular formula is C13H14F3N5. The van der Waals surface area contributed by atoms with Crippen molar-refractivity contribution in [2.24, 2.45) is 5.84 Å². The molecule has 0 aliphatic heterocycles. The van der Waals surface area contributed by atoms with E-state index in [-0.39, 0.29) is 17.2 Å². The number of hydrogen-bond acceptors (Lipinski definition) is 5. The molecule has 0 bridgehead atoms. The third-order valence-electron chi connectivity index (χ3n) is 2.91. The van der Waals surface area contributed by atoms with Gasteiger partial charge in [0.05, 0.1) is 5.56 Å². The van der Waals surface area contributed by atoms with Crippen molar-refractivity contribution in [3.8, 4) is 0 Å². The molecule has 0 aliphatic carbocycles. The van der Waals surface area contributed by atoms with Crippen LogP contribution in [0.1, 0.15) is 16.7 Å². The van der Waals surface area contributed by atoms with Crippen LogP contribution < -0.4 is 16.6 Å². The molecule has 1 aromatic carbocycles. The zero-order valence-electron chi connectivity index (χ0n) is 11.4. The van der Waals surface area contributed by atoms with E-state index in [1.807, 2.05) is 0 Å². The fourth-order valence-electron chi connectivity index (χ4n) is 1.78. The summed E-state index contributed by atoms with van der Waals surface area (Å²) in [7, 11) is 0. The predicted octanol–water partition coefficient (Wildman–Crippen LogP) is 3.14. The SMILES string of the molecule is Cc1ccc(Nc2nc(NN)ncc2C)cc1C(F)(F)F. The standard InChI is InChI=1S/C13H14F3N5/c1-7-3-4-9(5-10(7)13(14,15)16)19-11-8(2)6-18-12(20-11)21-17/h3-6H,17H2,1-2H3,(H2,18,19,20,21). The zero-order valence-corrected chi connectivity index (χ0v) is 11.4. The summed E-state index contributed by atoms with van der Waals surface area (Å²) >= 11 is 0. The van der Waals surface area contributed by atoms with Crippen LogP contribution in [0.3, 0.4) is 0 Å². The maximum Gasteiger partial charge on any atom is 0.416 e. The molecule has 0 unspecified atom stereocenters. The number of benzene rings is 1. The maximum atomic E-state index is 12.9. The van der Waals surface area contributed by atoms with Gasteiger partial charge in [-0.3, -0.25) is 5.43 Å².